The van der Waals surface area contributed by atoms with Crippen molar-refractivity contribution < 1.29 is 0 Å². The summed E-state index contributed by atoms with van der Waals surface area (Å²) in [6.07, 6.45) is 4.88. The van der Waals surface area contributed by atoms with Crippen molar-refractivity contribution in [2.24, 2.45) is 5.92 Å². The Labute approximate surface area is 59.0 Å². The maximum atomic E-state index is 2.31. The summed E-state index contributed by atoms with van der Waals surface area (Å²) in [6, 6.07) is 0. The fraction of sp³-hybridized carbons (Fsp3) is 0.778. The molecule has 9 heavy (non-hydrogen) atoms. The molecule has 0 fully saturated rings. The zero-order chi connectivity index (χ0) is 7.28. The summed E-state index contributed by atoms with van der Waals surface area (Å²) < 4.78 is 0. The molecule has 0 saturated carbocycles. The van der Waals surface area contributed by atoms with Crippen LogP contribution in [0.3, 0.4) is 0 Å². The molecule has 0 bridgehead atoms. The third kappa shape index (κ3) is 7.74. The van der Waals surface area contributed by atoms with E-state index in [1.54, 1.807) is 0 Å². The molecule has 0 amide bonds. The van der Waals surface area contributed by atoms with Gasteiger partial charge < -0.3 is 0 Å². The maximum Gasteiger partial charge on any atom is -0.0346 e. The molecule has 0 aliphatic rings. The van der Waals surface area contributed by atoms with E-state index in [9.17, 15) is 0 Å². The standard InChI is InChI=1S/C9H18/c1-8(2)6-5-7-9(3)4/h6,9H,5,7H2,1-4H3. The molecular weight excluding hydrogens is 108 g/mol. The first kappa shape index (κ1) is 8.74. The van der Waals surface area contributed by atoms with E-state index >= 15 is 0 Å². The average molecular weight is 126 g/mol. The quantitative estimate of drug-likeness (QED) is 0.508. The van der Waals surface area contributed by atoms with Crippen LogP contribution in [0.15, 0.2) is 11.6 Å². The largest absolute Gasteiger partial charge is 0.0859 e. The van der Waals surface area contributed by atoms with Gasteiger partial charge in [-0.15, -0.1) is 0 Å². The van der Waals surface area contributed by atoms with E-state index < -0.39 is 0 Å². The Hall–Kier alpha value is -0.260. The predicted molar refractivity (Wildman–Crippen MR) is 43.5 cm³/mol. The van der Waals surface area contributed by atoms with Gasteiger partial charge in [-0.05, 0) is 32.6 Å². The van der Waals surface area contributed by atoms with E-state index in [0.717, 1.165) is 5.92 Å². The Morgan fingerprint density at radius 1 is 1.33 bits per heavy atom. The molecule has 0 aromatic carbocycles. The molecule has 0 rings (SSSR count). The highest BCUT2D eigenvalue weighted by Gasteiger charge is 1.89. The summed E-state index contributed by atoms with van der Waals surface area (Å²) >= 11 is 0. The summed E-state index contributed by atoms with van der Waals surface area (Å²) in [6.45, 7) is 8.83. The lowest BCUT2D eigenvalue weighted by atomic mass is 10.1. The third-order valence-corrected chi connectivity index (χ3v) is 1.30. The number of allylic oxidation sites excluding steroid dienone is 2. The van der Waals surface area contributed by atoms with Crippen molar-refractivity contribution in [3.63, 3.8) is 0 Å². The third-order valence-electron chi connectivity index (χ3n) is 1.30. The van der Waals surface area contributed by atoms with Crippen LogP contribution in [0.2, 0.25) is 0 Å². The Bertz CT molecular complexity index is 84.2. The minimum absolute atomic E-state index is 0.848. The van der Waals surface area contributed by atoms with E-state index in [-0.39, 0.29) is 0 Å². The lowest BCUT2D eigenvalue weighted by Crippen LogP contribution is -1.83. The van der Waals surface area contributed by atoms with Gasteiger partial charge in [0.15, 0.2) is 0 Å². The van der Waals surface area contributed by atoms with E-state index in [4.69, 9.17) is 0 Å². The van der Waals surface area contributed by atoms with Crippen LogP contribution < -0.4 is 0 Å². The predicted octanol–water partition coefficient (Wildman–Crippen LogP) is 3.39. The molecule has 54 valence electrons. The van der Waals surface area contributed by atoms with Crippen molar-refractivity contribution in [3.05, 3.63) is 11.6 Å². The van der Waals surface area contributed by atoms with Crippen molar-refractivity contribution in [2.45, 2.75) is 40.5 Å². The Morgan fingerprint density at radius 2 is 1.89 bits per heavy atom. The summed E-state index contributed by atoms with van der Waals surface area (Å²) in [7, 11) is 0. The Balaban J connectivity index is 3.20. The number of hydrogen-bond acceptors (Lipinski definition) is 0. The van der Waals surface area contributed by atoms with Gasteiger partial charge in [-0.1, -0.05) is 25.5 Å². The monoisotopic (exact) mass is 126 g/mol. The van der Waals surface area contributed by atoms with Gasteiger partial charge in [0.1, 0.15) is 0 Å². The van der Waals surface area contributed by atoms with Gasteiger partial charge in [0.2, 0.25) is 0 Å². The van der Waals surface area contributed by atoms with Crippen molar-refractivity contribution >= 4 is 0 Å². The highest BCUT2D eigenvalue weighted by atomic mass is 14.0. The summed E-state index contributed by atoms with van der Waals surface area (Å²) in [4.78, 5) is 0. The molecule has 0 aromatic rings. The first-order valence-electron chi connectivity index (χ1n) is 3.76. The molecule has 0 radical (unpaired) electrons. The van der Waals surface area contributed by atoms with Gasteiger partial charge in [-0.3, -0.25) is 0 Å². The van der Waals surface area contributed by atoms with Crippen LogP contribution in [-0.4, -0.2) is 0 Å². The second kappa shape index (κ2) is 4.60. The van der Waals surface area contributed by atoms with E-state index in [0.29, 0.717) is 0 Å². The van der Waals surface area contributed by atoms with Crippen molar-refractivity contribution in [1.82, 2.24) is 0 Å². The second-order valence-corrected chi connectivity index (χ2v) is 3.25. The summed E-state index contributed by atoms with van der Waals surface area (Å²) in [5.74, 6) is 0.848. The minimum Gasteiger partial charge on any atom is -0.0859 e. The molecular formula is C9H18. The second-order valence-electron chi connectivity index (χ2n) is 3.25. The molecule has 0 aliphatic carbocycles. The lowest BCUT2D eigenvalue weighted by Gasteiger charge is -1.99. The molecule has 0 unspecified atom stereocenters. The molecule has 0 saturated heterocycles. The normalized spacial score (nSPS) is 9.89. The molecule has 0 heteroatoms. The summed E-state index contributed by atoms with van der Waals surface area (Å²) in [5.41, 5.74) is 1.44. The first-order chi connectivity index (χ1) is 4.13. The van der Waals surface area contributed by atoms with Crippen LogP contribution in [0.4, 0.5) is 0 Å². The van der Waals surface area contributed by atoms with Gasteiger partial charge in [-0.2, -0.15) is 0 Å². The molecule has 0 nitrogen and oxygen atoms in total. The maximum absolute atomic E-state index is 2.31. The topological polar surface area (TPSA) is 0 Å². The van der Waals surface area contributed by atoms with Crippen LogP contribution in [0.5, 0.6) is 0 Å². The smallest absolute Gasteiger partial charge is 0.0346 e. The van der Waals surface area contributed by atoms with Crippen LogP contribution >= 0.6 is 0 Å². The number of rotatable bonds is 3. The van der Waals surface area contributed by atoms with Gasteiger partial charge in [0.25, 0.3) is 0 Å². The van der Waals surface area contributed by atoms with Crippen molar-refractivity contribution in [3.8, 4) is 0 Å². The number of hydrogen-bond donors (Lipinski definition) is 0. The fourth-order valence-corrected chi connectivity index (χ4v) is 0.705. The fourth-order valence-electron chi connectivity index (χ4n) is 0.705. The van der Waals surface area contributed by atoms with Crippen LogP contribution in [0.1, 0.15) is 40.5 Å². The highest BCUT2D eigenvalue weighted by molar-refractivity contribution is 4.92. The Kier molecular flexibility index (Phi) is 4.47. The van der Waals surface area contributed by atoms with Crippen LogP contribution in [0, 0.1) is 5.92 Å². The molecule has 0 N–H and O–H groups in total. The van der Waals surface area contributed by atoms with E-state index in [1.807, 2.05) is 0 Å². The van der Waals surface area contributed by atoms with Gasteiger partial charge in [-0.25, -0.2) is 0 Å². The average Bonchev–Trinajstić information content (AvgIpc) is 1.63. The SMILES string of the molecule is CC(C)=CCCC(C)C. The Morgan fingerprint density at radius 3 is 2.22 bits per heavy atom. The van der Waals surface area contributed by atoms with Gasteiger partial charge in [0, 0.05) is 0 Å². The summed E-state index contributed by atoms with van der Waals surface area (Å²) in [5, 5.41) is 0. The van der Waals surface area contributed by atoms with Gasteiger partial charge in [0.05, 0.1) is 0 Å². The molecule has 0 heterocycles. The van der Waals surface area contributed by atoms with Crippen LogP contribution in [-0.2, 0) is 0 Å². The zero-order valence-electron chi connectivity index (χ0n) is 7.07. The molecule has 0 spiro atoms. The highest BCUT2D eigenvalue weighted by Crippen LogP contribution is 2.05. The molecule has 0 aliphatic heterocycles. The molecule has 0 atom stereocenters. The molecule has 0 aromatic heterocycles. The zero-order valence-corrected chi connectivity index (χ0v) is 7.07. The minimum atomic E-state index is 0.848. The van der Waals surface area contributed by atoms with Gasteiger partial charge >= 0.3 is 0 Å². The lowest BCUT2D eigenvalue weighted by molar-refractivity contribution is 0.593. The van der Waals surface area contributed by atoms with Crippen LogP contribution in [0.25, 0.3) is 0 Å². The van der Waals surface area contributed by atoms with E-state index in [2.05, 4.69) is 33.8 Å². The van der Waals surface area contributed by atoms with Crippen molar-refractivity contribution in [1.29, 1.82) is 0 Å². The van der Waals surface area contributed by atoms with Crippen molar-refractivity contribution in [2.75, 3.05) is 0 Å². The van der Waals surface area contributed by atoms with E-state index in [1.165, 1.54) is 18.4 Å². The first-order valence-corrected chi connectivity index (χ1v) is 3.76.